The van der Waals surface area contributed by atoms with Crippen LogP contribution in [0, 0.1) is 11.8 Å². The van der Waals surface area contributed by atoms with Gasteiger partial charge in [0.2, 0.25) is 0 Å². The molecule has 4 heterocycles. The average Bonchev–Trinajstić information content (AvgIpc) is 3.17. The van der Waals surface area contributed by atoms with E-state index in [4.69, 9.17) is 15.6 Å². The fourth-order valence-corrected chi connectivity index (χ4v) is 5.77. The van der Waals surface area contributed by atoms with Crippen LogP contribution >= 0.6 is 0 Å². The molecule has 10 heteroatoms. The van der Waals surface area contributed by atoms with E-state index in [1.165, 1.54) is 30.8 Å². The van der Waals surface area contributed by atoms with E-state index >= 15 is 0 Å². The van der Waals surface area contributed by atoms with Gasteiger partial charge in [-0.1, -0.05) is 12.8 Å². The Morgan fingerprint density at radius 3 is 2.41 bits per heavy atom. The van der Waals surface area contributed by atoms with Gasteiger partial charge in [0.25, 0.3) is 0 Å². The second-order valence-electron chi connectivity index (χ2n) is 9.49. The highest BCUT2D eigenvalue weighted by Gasteiger charge is 2.59. The largest absolute Gasteiger partial charge is 0.573 e. The molecule has 4 fully saturated rings. The Hall–Kier alpha value is -2.33. The third-order valence-electron chi connectivity index (χ3n) is 7.54. The van der Waals surface area contributed by atoms with Crippen LogP contribution in [0.1, 0.15) is 43.3 Å². The van der Waals surface area contributed by atoms with Gasteiger partial charge in [-0.3, -0.25) is 9.58 Å². The minimum absolute atomic E-state index is 0.293. The molecule has 0 unspecified atom stereocenters. The Labute approximate surface area is 183 Å². The highest BCUT2D eigenvalue weighted by atomic mass is 19.4. The van der Waals surface area contributed by atoms with Crippen molar-refractivity contribution in [2.24, 2.45) is 11.8 Å². The number of hydrogen-bond acceptors (Lipinski definition) is 6. The Morgan fingerprint density at radius 2 is 1.78 bits per heavy atom. The van der Waals surface area contributed by atoms with Crippen LogP contribution in [0.25, 0.3) is 11.3 Å². The number of anilines is 1. The van der Waals surface area contributed by atoms with Crippen molar-refractivity contribution in [2.75, 3.05) is 32.0 Å². The van der Waals surface area contributed by atoms with Crippen molar-refractivity contribution in [1.82, 2.24) is 19.7 Å². The lowest BCUT2D eigenvalue weighted by atomic mass is 10.1. The lowest BCUT2D eigenvalue weighted by Gasteiger charge is -2.35. The number of nitrogens with zero attached hydrogens (tertiary/aromatic N) is 4. The lowest BCUT2D eigenvalue weighted by molar-refractivity contribution is -0.274. The molecule has 2 aliphatic carbocycles. The normalized spacial score (nSPS) is 28.7. The van der Waals surface area contributed by atoms with Crippen molar-refractivity contribution in [3.8, 4) is 17.0 Å². The molecule has 2 aliphatic heterocycles. The van der Waals surface area contributed by atoms with Crippen molar-refractivity contribution < 1.29 is 22.6 Å². The number of rotatable bonds is 5. The summed E-state index contributed by atoms with van der Waals surface area (Å²) in [6, 6.07) is 4.24. The first kappa shape index (κ1) is 20.3. The number of pyridine rings is 1. The van der Waals surface area contributed by atoms with Gasteiger partial charge in [0.1, 0.15) is 0 Å². The van der Waals surface area contributed by atoms with Gasteiger partial charge < -0.3 is 15.2 Å². The summed E-state index contributed by atoms with van der Waals surface area (Å²) in [5, 5.41) is 4.87. The maximum Gasteiger partial charge on any atom is 0.573 e. The molecule has 2 saturated heterocycles. The number of piperidine rings is 1. The second kappa shape index (κ2) is 7.34. The first-order chi connectivity index (χ1) is 15.4. The van der Waals surface area contributed by atoms with E-state index in [0.717, 1.165) is 39.1 Å². The summed E-state index contributed by atoms with van der Waals surface area (Å²) in [5.41, 5.74) is 7.93. The third kappa shape index (κ3) is 3.53. The van der Waals surface area contributed by atoms with Gasteiger partial charge in [-0.2, -0.15) is 5.10 Å². The zero-order valence-corrected chi connectivity index (χ0v) is 17.6. The van der Waals surface area contributed by atoms with E-state index in [-0.39, 0.29) is 5.82 Å². The van der Waals surface area contributed by atoms with Crippen LogP contribution in [0.3, 0.4) is 0 Å². The van der Waals surface area contributed by atoms with E-state index in [9.17, 15) is 13.2 Å². The second-order valence-corrected chi connectivity index (χ2v) is 9.49. The molecule has 6 rings (SSSR count). The number of likely N-dealkylation sites (tertiary alicyclic amines) is 1. The number of ether oxygens (including phenoxy) is 2. The summed E-state index contributed by atoms with van der Waals surface area (Å²) in [6.07, 6.45) is 1.17. The number of aromatic nitrogens is 3. The molecular formula is C22H26F3N5O2. The van der Waals surface area contributed by atoms with Crippen LogP contribution in [0.5, 0.6) is 5.75 Å². The zero-order chi connectivity index (χ0) is 22.0. The fourth-order valence-electron chi connectivity index (χ4n) is 5.77. The summed E-state index contributed by atoms with van der Waals surface area (Å²) in [5.74, 6) is 0.914. The summed E-state index contributed by atoms with van der Waals surface area (Å²) in [6.45, 7) is 3.84. The monoisotopic (exact) mass is 449 g/mol. The van der Waals surface area contributed by atoms with Gasteiger partial charge in [-0.25, -0.2) is 4.98 Å². The predicted molar refractivity (Wildman–Crippen MR) is 110 cm³/mol. The van der Waals surface area contributed by atoms with Gasteiger partial charge >= 0.3 is 6.36 Å². The van der Waals surface area contributed by atoms with Crippen LogP contribution in [-0.4, -0.2) is 58.4 Å². The van der Waals surface area contributed by atoms with Crippen LogP contribution in [-0.2, 0) is 4.74 Å². The highest BCUT2D eigenvalue weighted by Crippen LogP contribution is 2.59. The summed E-state index contributed by atoms with van der Waals surface area (Å²) in [7, 11) is 0. The van der Waals surface area contributed by atoms with Gasteiger partial charge in [-0.15, -0.1) is 13.2 Å². The molecule has 0 amide bonds. The SMILES string of the molecule is Nc1ncc(-c2cc([C@@H]3[C@@H]4CN(C5COC5)C[C@@H]43)n(C3CCCC3)n2)cc1OC(F)(F)F. The first-order valence-electron chi connectivity index (χ1n) is 11.3. The van der Waals surface area contributed by atoms with Crippen molar-refractivity contribution in [1.29, 1.82) is 0 Å². The Bertz CT molecular complexity index is 1000. The number of nitrogens with two attached hydrogens (primary N) is 1. The number of nitrogen functional groups attached to an aromatic ring is 1. The van der Waals surface area contributed by atoms with Gasteiger partial charge in [0, 0.05) is 36.5 Å². The van der Waals surface area contributed by atoms with E-state index < -0.39 is 12.1 Å². The number of hydrogen-bond donors (Lipinski definition) is 1. The van der Waals surface area contributed by atoms with Crippen molar-refractivity contribution in [3.63, 3.8) is 0 Å². The maximum atomic E-state index is 12.8. The van der Waals surface area contributed by atoms with Crippen molar-refractivity contribution in [3.05, 3.63) is 24.0 Å². The van der Waals surface area contributed by atoms with Crippen molar-refractivity contribution in [2.45, 2.75) is 50.0 Å². The average molecular weight is 449 g/mol. The minimum Gasteiger partial charge on any atom is -0.402 e. The molecule has 2 aromatic heterocycles. The number of halogens is 3. The molecule has 172 valence electrons. The van der Waals surface area contributed by atoms with Crippen molar-refractivity contribution >= 4 is 5.82 Å². The first-order valence-corrected chi connectivity index (χ1v) is 11.3. The van der Waals surface area contributed by atoms with Crippen LogP contribution < -0.4 is 10.5 Å². The quantitative estimate of drug-likeness (QED) is 0.752. The Balaban J connectivity index is 1.29. The predicted octanol–water partition coefficient (Wildman–Crippen LogP) is 3.59. The number of fused-ring (bicyclic) bond motifs is 1. The molecule has 3 atom stereocenters. The molecule has 2 saturated carbocycles. The van der Waals surface area contributed by atoms with Gasteiger partial charge in [0.05, 0.1) is 31.0 Å². The molecule has 2 N–H and O–H groups in total. The number of alkyl halides is 3. The van der Waals surface area contributed by atoms with E-state index in [1.54, 1.807) is 0 Å². The molecule has 0 radical (unpaired) electrons. The fraction of sp³-hybridized carbons (Fsp3) is 0.636. The van der Waals surface area contributed by atoms with E-state index in [0.29, 0.717) is 41.1 Å². The molecular weight excluding hydrogens is 423 g/mol. The Morgan fingerprint density at radius 1 is 1.06 bits per heavy atom. The molecule has 32 heavy (non-hydrogen) atoms. The van der Waals surface area contributed by atoms with E-state index in [1.807, 2.05) is 6.07 Å². The van der Waals surface area contributed by atoms with Crippen LogP contribution in [0.4, 0.5) is 19.0 Å². The molecule has 0 bridgehead atoms. The van der Waals surface area contributed by atoms with Crippen LogP contribution in [0.2, 0.25) is 0 Å². The molecule has 0 aromatic carbocycles. The zero-order valence-electron chi connectivity index (χ0n) is 17.6. The summed E-state index contributed by atoms with van der Waals surface area (Å²) in [4.78, 5) is 6.46. The molecule has 0 spiro atoms. The Kier molecular flexibility index (Phi) is 4.66. The smallest absolute Gasteiger partial charge is 0.402 e. The highest BCUT2D eigenvalue weighted by molar-refractivity contribution is 5.64. The molecule has 2 aromatic rings. The molecule has 7 nitrogen and oxygen atoms in total. The van der Waals surface area contributed by atoms with E-state index in [2.05, 4.69) is 19.3 Å². The molecule has 4 aliphatic rings. The summed E-state index contributed by atoms with van der Waals surface area (Å²) >= 11 is 0. The minimum atomic E-state index is -4.83. The topological polar surface area (TPSA) is 78.4 Å². The van der Waals surface area contributed by atoms with Crippen LogP contribution in [0.15, 0.2) is 18.3 Å². The van der Waals surface area contributed by atoms with Gasteiger partial charge in [0.15, 0.2) is 11.6 Å². The maximum absolute atomic E-state index is 12.8. The standard InChI is InChI=1S/C22H26F3N5O2/c23-22(24,25)32-19-5-12(7-27-21(19)26)17-6-18(30(28-17)13-3-1-2-4-13)20-15-8-29(9-16(15)20)14-10-31-11-14/h5-7,13-16,20H,1-4,8-11H2,(H2,26,27)/t15-,16+,20-. The summed E-state index contributed by atoms with van der Waals surface area (Å²) < 4.78 is 49.8. The lowest BCUT2D eigenvalue weighted by Crippen LogP contribution is -2.48. The third-order valence-corrected chi connectivity index (χ3v) is 7.54. The van der Waals surface area contributed by atoms with Gasteiger partial charge in [-0.05, 0) is 36.8 Å².